The average molecular weight is 771 g/mol. The maximum Gasteiger partial charge on any atom is 0.0705 e. The highest BCUT2D eigenvalue weighted by Gasteiger charge is 2.12. The zero-order valence-electron chi connectivity index (χ0n) is 34.9. The molecule has 2 heteroatoms. The predicted molar refractivity (Wildman–Crippen MR) is 257 cm³/mol. The average Bonchev–Trinajstić information content (AvgIpc) is 3.28. The van der Waals surface area contributed by atoms with Crippen LogP contribution in [0.5, 0.6) is 0 Å². The van der Waals surface area contributed by atoms with E-state index in [0.29, 0.717) is 5.92 Å². The number of anilines is 1. The van der Waals surface area contributed by atoms with Gasteiger partial charge in [-0.25, -0.2) is 0 Å². The first-order chi connectivity index (χ1) is 28.9. The second kappa shape index (κ2) is 24.1. The van der Waals surface area contributed by atoms with Gasteiger partial charge >= 0.3 is 0 Å². The van der Waals surface area contributed by atoms with E-state index in [2.05, 4.69) is 135 Å². The molecule has 0 spiro atoms. The molecule has 1 aliphatic heterocycles. The Kier molecular flexibility index (Phi) is 17.7. The molecule has 0 saturated heterocycles. The van der Waals surface area contributed by atoms with Gasteiger partial charge in [0.05, 0.1) is 5.36 Å². The summed E-state index contributed by atoms with van der Waals surface area (Å²) < 4.78 is 0. The van der Waals surface area contributed by atoms with E-state index in [4.69, 9.17) is 5.73 Å². The smallest absolute Gasteiger partial charge is 0.0705 e. The summed E-state index contributed by atoms with van der Waals surface area (Å²) in [5, 5.41) is 4.67. The van der Waals surface area contributed by atoms with Crippen LogP contribution in [0.1, 0.15) is 54.4 Å². The lowest BCUT2D eigenvalue weighted by molar-refractivity contribution is 0.654. The van der Waals surface area contributed by atoms with Gasteiger partial charge in [-0.15, -0.1) is 6.58 Å². The third-order valence-electron chi connectivity index (χ3n) is 9.94. The molecule has 1 aliphatic carbocycles. The fourth-order valence-electron chi connectivity index (χ4n) is 6.71. The Morgan fingerprint density at radius 2 is 1.27 bits per heavy atom. The predicted octanol–water partition coefficient (Wildman–Crippen LogP) is 13.9. The van der Waals surface area contributed by atoms with Gasteiger partial charge in [0, 0.05) is 23.0 Å². The number of benzene rings is 7. The number of nitrogens with zero attached hydrogens (tertiary/aromatic N) is 1. The highest BCUT2D eigenvalue weighted by atomic mass is 14.7. The van der Waals surface area contributed by atoms with Crippen molar-refractivity contribution in [2.45, 2.75) is 52.4 Å². The summed E-state index contributed by atoms with van der Waals surface area (Å²) in [7, 11) is 0. The fraction of sp³-hybridized carbons (Fsp3) is 0.140. The number of nitrogens with two attached hydrogens (primary N) is 1. The summed E-state index contributed by atoms with van der Waals surface area (Å²) in [5.41, 5.74) is 15.7. The van der Waals surface area contributed by atoms with Crippen molar-refractivity contribution in [1.29, 1.82) is 0 Å². The van der Waals surface area contributed by atoms with Crippen LogP contribution < -0.4 is 16.3 Å². The highest BCUT2D eigenvalue weighted by Crippen LogP contribution is 2.30. The zero-order valence-corrected chi connectivity index (χ0v) is 34.9. The molecule has 1 atom stereocenters. The Morgan fingerprint density at radius 3 is 1.88 bits per heavy atom. The molecule has 0 fully saturated rings. The highest BCUT2D eigenvalue weighted by molar-refractivity contribution is 5.86. The molecule has 1 unspecified atom stereocenters. The number of fused-ring (bicyclic) bond motifs is 2. The van der Waals surface area contributed by atoms with E-state index in [0.717, 1.165) is 17.5 Å². The van der Waals surface area contributed by atoms with Crippen LogP contribution in [0.3, 0.4) is 0 Å². The molecule has 7 aromatic rings. The lowest BCUT2D eigenvalue weighted by Crippen LogP contribution is -2.26. The summed E-state index contributed by atoms with van der Waals surface area (Å²) in [5.74, 6) is 0.564. The van der Waals surface area contributed by atoms with Crippen LogP contribution in [-0.2, 0) is 6.42 Å². The van der Waals surface area contributed by atoms with Crippen LogP contribution in [0.25, 0.3) is 27.5 Å². The molecule has 0 aromatic heterocycles. The number of hydrogen-bond acceptors (Lipinski definition) is 2. The minimum atomic E-state index is 0.564. The molecule has 0 saturated carbocycles. The SMILES string of the molecule is C=CCc1ccc2ccc(N)cc2c1.CC1=c2/cc(-c3cccc(C4C=CCCC4)c3)cc/c2=N/C=C/C=C\1.Cc1ccccc1.Cc1ccccc1.c1ccccc1. The maximum absolute atomic E-state index is 5.73. The van der Waals surface area contributed by atoms with Crippen LogP contribution in [-0.4, -0.2) is 0 Å². The van der Waals surface area contributed by atoms with Crippen molar-refractivity contribution in [2.24, 2.45) is 4.99 Å². The van der Waals surface area contributed by atoms with E-state index in [1.165, 1.54) is 74.2 Å². The Bertz CT molecular complexity index is 2480. The van der Waals surface area contributed by atoms with Gasteiger partial charge in [-0.3, -0.25) is 4.99 Å². The van der Waals surface area contributed by atoms with Crippen molar-refractivity contribution in [2.75, 3.05) is 5.73 Å². The molecule has 9 rings (SSSR count). The third kappa shape index (κ3) is 14.9. The Balaban J connectivity index is 0.000000162. The van der Waals surface area contributed by atoms with Gasteiger partial charge in [0.2, 0.25) is 0 Å². The summed E-state index contributed by atoms with van der Waals surface area (Å²) in [6.45, 7) is 10.0. The van der Waals surface area contributed by atoms with Gasteiger partial charge in [-0.05, 0) is 115 Å². The van der Waals surface area contributed by atoms with Gasteiger partial charge in [0.25, 0.3) is 0 Å². The van der Waals surface area contributed by atoms with E-state index >= 15 is 0 Å². The lowest BCUT2D eigenvalue weighted by atomic mass is 9.88. The van der Waals surface area contributed by atoms with Crippen LogP contribution in [0.4, 0.5) is 5.69 Å². The van der Waals surface area contributed by atoms with Crippen molar-refractivity contribution < 1.29 is 0 Å². The zero-order chi connectivity index (χ0) is 41.5. The largest absolute Gasteiger partial charge is 0.399 e. The Labute approximate surface area is 352 Å². The molecule has 0 amide bonds. The molecule has 2 N–H and O–H groups in total. The summed E-state index contributed by atoms with van der Waals surface area (Å²) in [4.78, 5) is 4.56. The molecule has 59 heavy (non-hydrogen) atoms. The van der Waals surface area contributed by atoms with Crippen LogP contribution in [0.15, 0.2) is 230 Å². The van der Waals surface area contributed by atoms with Crippen molar-refractivity contribution >= 4 is 22.0 Å². The van der Waals surface area contributed by atoms with E-state index in [9.17, 15) is 0 Å². The molecular weight excluding hydrogens is 713 g/mol. The molecule has 0 radical (unpaired) electrons. The van der Waals surface area contributed by atoms with Gasteiger partial charge in [-0.1, -0.05) is 193 Å². The summed E-state index contributed by atoms with van der Waals surface area (Å²) in [6.07, 6.45) is 19.3. The summed E-state index contributed by atoms with van der Waals surface area (Å²) in [6, 6.07) is 60.5. The van der Waals surface area contributed by atoms with Crippen LogP contribution in [0.2, 0.25) is 0 Å². The molecule has 2 nitrogen and oxygen atoms in total. The fourth-order valence-corrected chi connectivity index (χ4v) is 6.71. The topological polar surface area (TPSA) is 38.4 Å². The van der Waals surface area contributed by atoms with Crippen molar-refractivity contribution in [3.63, 3.8) is 0 Å². The minimum absolute atomic E-state index is 0.564. The summed E-state index contributed by atoms with van der Waals surface area (Å²) >= 11 is 0. The number of rotatable bonds is 4. The van der Waals surface area contributed by atoms with Gasteiger partial charge in [0.1, 0.15) is 0 Å². The quantitative estimate of drug-likeness (QED) is 0.140. The van der Waals surface area contributed by atoms with Gasteiger partial charge < -0.3 is 5.73 Å². The molecule has 7 aromatic carbocycles. The number of aryl methyl sites for hydroxylation is 2. The van der Waals surface area contributed by atoms with Gasteiger partial charge in [0.15, 0.2) is 0 Å². The van der Waals surface area contributed by atoms with E-state index in [-0.39, 0.29) is 0 Å². The van der Waals surface area contributed by atoms with Gasteiger partial charge in [-0.2, -0.15) is 0 Å². The van der Waals surface area contributed by atoms with Crippen molar-refractivity contribution in [3.8, 4) is 11.1 Å². The second-order valence-electron chi connectivity index (χ2n) is 14.7. The number of allylic oxidation sites excluding steroid dienone is 6. The lowest BCUT2D eigenvalue weighted by Gasteiger charge is -2.17. The third-order valence-corrected chi connectivity index (χ3v) is 9.94. The first-order valence-corrected chi connectivity index (χ1v) is 20.6. The second-order valence-corrected chi connectivity index (χ2v) is 14.7. The normalized spacial score (nSPS) is 16.0. The van der Waals surface area contributed by atoms with E-state index in [1.807, 2.05) is 115 Å². The molecule has 1 heterocycles. The standard InChI is InChI=1S/C24H23N.C13H13N.2C7H8.C6H6/c1-18-8-5-6-15-25-24-14-13-22(17-23(18)24)21-12-7-11-20(16-21)19-9-3-2-4-10-19;1-2-3-10-4-5-11-6-7-13(14)9-12(11)8-10;2*1-7-5-3-2-4-6-7;1-2-4-6-5-3-1/h3,5-9,11-17,19H,2,4,10H2,1H3;2,4-9H,1,3,14H2;2*2-6H,1H3;1-6H/b6-5?,8-5-,15-6+,18-8?,23-18+,25-15?,25-24-;;;;. The van der Waals surface area contributed by atoms with Crippen LogP contribution >= 0.6 is 0 Å². The molecule has 2 aliphatic rings. The van der Waals surface area contributed by atoms with E-state index < -0.39 is 0 Å². The van der Waals surface area contributed by atoms with Crippen molar-refractivity contribution in [3.05, 3.63) is 258 Å². The molecular formula is C57H58N2. The number of nitrogen functional groups attached to an aromatic ring is 1. The van der Waals surface area contributed by atoms with E-state index in [1.54, 1.807) is 0 Å². The first kappa shape index (κ1) is 43.4. The maximum atomic E-state index is 5.73. The number of hydrogen-bond donors (Lipinski definition) is 1. The van der Waals surface area contributed by atoms with Crippen LogP contribution in [0, 0.1) is 13.8 Å². The minimum Gasteiger partial charge on any atom is -0.399 e. The monoisotopic (exact) mass is 770 g/mol. The Hall–Kier alpha value is -6.77. The molecule has 296 valence electrons. The molecule has 0 bridgehead atoms. The Morgan fingerprint density at radius 1 is 0.627 bits per heavy atom. The van der Waals surface area contributed by atoms with Crippen molar-refractivity contribution in [1.82, 2.24) is 0 Å². The first-order valence-electron chi connectivity index (χ1n) is 20.6.